The van der Waals surface area contributed by atoms with Crippen LogP contribution in [0.15, 0.2) is 59.5 Å². The molecule has 138 valence electrons. The predicted molar refractivity (Wildman–Crippen MR) is 95.3 cm³/mol. The summed E-state index contributed by atoms with van der Waals surface area (Å²) in [7, 11) is 0. The average molecular weight is 374 g/mol. The predicted octanol–water partition coefficient (Wildman–Crippen LogP) is 1.35. The number of amides is 1. The fraction of sp³-hybridized carbons (Fsp3) is 0.167. The van der Waals surface area contributed by atoms with Gasteiger partial charge in [0.05, 0.1) is 11.6 Å². The molecular weight excluding hydrogens is 360 g/mol. The Bertz CT molecular complexity index is 1100. The molecule has 4 heterocycles. The number of carbonyl (C=O) groups excluding carboxylic acids is 1. The first kappa shape index (κ1) is 16.2. The van der Waals surface area contributed by atoms with Gasteiger partial charge in [0.15, 0.2) is 0 Å². The Morgan fingerprint density at radius 2 is 2.07 bits per heavy atom. The van der Waals surface area contributed by atoms with Gasteiger partial charge in [0.2, 0.25) is 11.7 Å². The van der Waals surface area contributed by atoms with E-state index >= 15 is 0 Å². The lowest BCUT2D eigenvalue weighted by atomic mass is 9.98. The third-order valence-corrected chi connectivity index (χ3v) is 4.56. The summed E-state index contributed by atoms with van der Waals surface area (Å²) < 4.78 is 6.87. The Morgan fingerprint density at radius 3 is 2.86 bits per heavy atom. The summed E-state index contributed by atoms with van der Waals surface area (Å²) in [5.41, 5.74) is 1.96. The maximum Gasteiger partial charge on any atom is 0.253 e. The van der Waals surface area contributed by atoms with Crippen molar-refractivity contribution in [3.8, 4) is 17.2 Å². The van der Waals surface area contributed by atoms with Crippen LogP contribution in [-0.4, -0.2) is 59.2 Å². The van der Waals surface area contributed by atoms with Gasteiger partial charge in [-0.3, -0.25) is 9.78 Å². The van der Waals surface area contributed by atoms with Crippen LogP contribution in [0, 0.1) is 0 Å². The normalized spacial score (nSPS) is 14.1. The smallest absolute Gasteiger partial charge is 0.253 e. The highest BCUT2D eigenvalue weighted by atomic mass is 16.5. The van der Waals surface area contributed by atoms with Gasteiger partial charge < -0.3 is 9.42 Å². The lowest BCUT2D eigenvalue weighted by Gasteiger charge is -2.37. The summed E-state index contributed by atoms with van der Waals surface area (Å²) >= 11 is 0. The standard InChI is InChI=1S/C18H14N8O2/c27-18(12-4-3-5-14(8-12)26-11-20-23-24-26)25-9-13(10-25)17-21-16(22-28-17)15-6-1-2-7-19-15/h1-8,11,13H,9-10H2. The Hall–Kier alpha value is -3.95. The van der Waals surface area contributed by atoms with E-state index in [-0.39, 0.29) is 11.8 Å². The number of likely N-dealkylation sites (tertiary alicyclic amines) is 1. The van der Waals surface area contributed by atoms with Crippen LogP contribution in [0.1, 0.15) is 22.2 Å². The second-order valence-corrected chi connectivity index (χ2v) is 6.38. The van der Waals surface area contributed by atoms with Crippen molar-refractivity contribution in [3.63, 3.8) is 0 Å². The van der Waals surface area contributed by atoms with E-state index in [1.165, 1.54) is 11.0 Å². The van der Waals surface area contributed by atoms with E-state index < -0.39 is 0 Å². The fourth-order valence-electron chi connectivity index (χ4n) is 3.04. The summed E-state index contributed by atoms with van der Waals surface area (Å²) in [4.78, 5) is 23.1. The molecule has 0 aliphatic carbocycles. The van der Waals surface area contributed by atoms with Gasteiger partial charge in [-0.25, -0.2) is 4.68 Å². The summed E-state index contributed by atoms with van der Waals surface area (Å²) in [5.74, 6) is 0.939. The first-order valence-electron chi connectivity index (χ1n) is 8.65. The highest BCUT2D eigenvalue weighted by molar-refractivity contribution is 5.95. The molecule has 0 unspecified atom stereocenters. The molecule has 0 bridgehead atoms. The van der Waals surface area contributed by atoms with E-state index in [2.05, 4.69) is 30.7 Å². The number of tetrazole rings is 1. The van der Waals surface area contributed by atoms with E-state index in [1.807, 2.05) is 24.3 Å². The highest BCUT2D eigenvalue weighted by Crippen LogP contribution is 2.28. The number of carbonyl (C=O) groups is 1. The first-order valence-corrected chi connectivity index (χ1v) is 8.65. The lowest BCUT2D eigenvalue weighted by molar-refractivity contribution is 0.0569. The van der Waals surface area contributed by atoms with Crippen LogP contribution in [0.2, 0.25) is 0 Å². The van der Waals surface area contributed by atoms with Crippen LogP contribution in [0.25, 0.3) is 17.2 Å². The molecule has 0 atom stereocenters. The zero-order valence-corrected chi connectivity index (χ0v) is 14.6. The zero-order valence-electron chi connectivity index (χ0n) is 14.6. The molecule has 1 aliphatic rings. The lowest BCUT2D eigenvalue weighted by Crippen LogP contribution is -2.48. The number of aromatic nitrogens is 7. The highest BCUT2D eigenvalue weighted by Gasteiger charge is 2.36. The monoisotopic (exact) mass is 374 g/mol. The van der Waals surface area contributed by atoms with Crippen LogP contribution in [0.5, 0.6) is 0 Å². The van der Waals surface area contributed by atoms with Gasteiger partial charge in [-0.1, -0.05) is 17.3 Å². The van der Waals surface area contributed by atoms with Gasteiger partial charge in [-0.05, 0) is 40.8 Å². The molecule has 0 radical (unpaired) electrons. The van der Waals surface area contributed by atoms with Crippen molar-refractivity contribution in [1.82, 2.24) is 40.2 Å². The molecule has 10 heteroatoms. The molecular formula is C18H14N8O2. The van der Waals surface area contributed by atoms with Crippen molar-refractivity contribution in [2.45, 2.75) is 5.92 Å². The Balaban J connectivity index is 1.27. The summed E-state index contributed by atoms with van der Waals surface area (Å²) in [5, 5.41) is 15.1. The van der Waals surface area contributed by atoms with Crippen molar-refractivity contribution in [2.75, 3.05) is 13.1 Å². The van der Waals surface area contributed by atoms with E-state index in [9.17, 15) is 4.79 Å². The quantitative estimate of drug-likeness (QED) is 0.525. The largest absolute Gasteiger partial charge is 0.338 e. The van der Waals surface area contributed by atoms with Gasteiger partial charge in [-0.15, -0.1) is 5.10 Å². The number of nitrogens with zero attached hydrogens (tertiary/aromatic N) is 8. The molecule has 1 amide bonds. The molecule has 1 fully saturated rings. The number of hydrogen-bond acceptors (Lipinski definition) is 8. The second-order valence-electron chi connectivity index (χ2n) is 6.38. The van der Waals surface area contributed by atoms with Crippen LogP contribution < -0.4 is 0 Å². The molecule has 5 rings (SSSR count). The number of pyridine rings is 1. The van der Waals surface area contributed by atoms with Gasteiger partial charge in [0, 0.05) is 24.8 Å². The fourth-order valence-corrected chi connectivity index (χ4v) is 3.04. The van der Waals surface area contributed by atoms with Crippen LogP contribution in [0.4, 0.5) is 0 Å². The van der Waals surface area contributed by atoms with Crippen molar-refractivity contribution >= 4 is 5.91 Å². The first-order chi connectivity index (χ1) is 13.8. The van der Waals surface area contributed by atoms with Crippen molar-refractivity contribution < 1.29 is 9.32 Å². The van der Waals surface area contributed by atoms with Crippen LogP contribution in [-0.2, 0) is 0 Å². The third kappa shape index (κ3) is 2.90. The molecule has 3 aromatic heterocycles. The molecule has 0 spiro atoms. The maximum atomic E-state index is 12.7. The number of hydrogen-bond donors (Lipinski definition) is 0. The summed E-state index contributed by atoms with van der Waals surface area (Å²) in [6, 6.07) is 12.7. The zero-order chi connectivity index (χ0) is 18.9. The van der Waals surface area contributed by atoms with Crippen molar-refractivity contribution in [3.05, 3.63) is 66.4 Å². The molecule has 1 aromatic carbocycles. The average Bonchev–Trinajstić information content (AvgIpc) is 3.40. The minimum Gasteiger partial charge on any atom is -0.338 e. The SMILES string of the molecule is O=C(c1cccc(-n2cnnn2)c1)N1CC(c2nc(-c3ccccn3)no2)C1. The molecule has 0 saturated carbocycles. The molecule has 1 aliphatic heterocycles. The van der Waals surface area contributed by atoms with E-state index in [4.69, 9.17) is 4.52 Å². The molecule has 28 heavy (non-hydrogen) atoms. The second kappa shape index (κ2) is 6.65. The minimum absolute atomic E-state index is 0.0246. The van der Waals surface area contributed by atoms with Crippen molar-refractivity contribution in [1.29, 1.82) is 0 Å². The molecule has 0 N–H and O–H groups in total. The Kier molecular flexibility index (Phi) is 3.86. The van der Waals surface area contributed by atoms with Crippen LogP contribution >= 0.6 is 0 Å². The van der Waals surface area contributed by atoms with Crippen LogP contribution in [0.3, 0.4) is 0 Å². The van der Waals surface area contributed by atoms with Gasteiger partial charge in [0.1, 0.15) is 12.0 Å². The summed E-state index contributed by atoms with van der Waals surface area (Å²) in [6.07, 6.45) is 3.16. The minimum atomic E-state index is -0.0596. The third-order valence-electron chi connectivity index (χ3n) is 4.56. The molecule has 4 aromatic rings. The number of rotatable bonds is 4. The van der Waals surface area contributed by atoms with Gasteiger partial charge in [0.25, 0.3) is 5.91 Å². The molecule has 10 nitrogen and oxygen atoms in total. The number of benzene rings is 1. The summed E-state index contributed by atoms with van der Waals surface area (Å²) in [6.45, 7) is 1.05. The molecule has 1 saturated heterocycles. The Labute approximate surface area is 158 Å². The van der Waals surface area contributed by atoms with E-state index in [1.54, 1.807) is 29.3 Å². The van der Waals surface area contributed by atoms with Gasteiger partial charge in [-0.2, -0.15) is 4.98 Å². The Morgan fingerprint density at radius 1 is 1.14 bits per heavy atom. The maximum absolute atomic E-state index is 12.7. The van der Waals surface area contributed by atoms with Crippen molar-refractivity contribution in [2.24, 2.45) is 0 Å². The van der Waals surface area contributed by atoms with E-state index in [0.717, 1.165) is 5.69 Å². The van der Waals surface area contributed by atoms with Gasteiger partial charge >= 0.3 is 0 Å². The van der Waals surface area contributed by atoms with E-state index in [0.29, 0.717) is 36.1 Å². The topological polar surface area (TPSA) is 116 Å².